The molecule has 2 rings (SSSR count). The van der Waals surface area contributed by atoms with E-state index in [0.29, 0.717) is 0 Å². The zero-order valence-corrected chi connectivity index (χ0v) is 16.5. The van der Waals surface area contributed by atoms with Gasteiger partial charge in [-0.15, -0.1) is 23.5 Å². The third kappa shape index (κ3) is 5.01. The van der Waals surface area contributed by atoms with Crippen molar-refractivity contribution in [1.82, 2.24) is 0 Å². The van der Waals surface area contributed by atoms with Crippen LogP contribution >= 0.6 is 23.5 Å². The Bertz CT molecular complexity index is 779. The molecule has 0 radical (unpaired) electrons. The molecule has 0 aromatic heterocycles. The summed E-state index contributed by atoms with van der Waals surface area (Å²) < 4.78 is 159. The van der Waals surface area contributed by atoms with E-state index in [1.165, 1.54) is 7.11 Å². The smallest absolute Gasteiger partial charge is 0.422 e. The number of halogens is 12. The van der Waals surface area contributed by atoms with E-state index in [1.54, 1.807) is 0 Å². The topological polar surface area (TPSA) is 9.23 Å². The predicted octanol–water partition coefficient (Wildman–Crippen LogP) is 7.49. The molecule has 0 bridgehead atoms. The molecule has 1 aliphatic rings. The van der Waals surface area contributed by atoms with Gasteiger partial charge < -0.3 is 4.74 Å². The fourth-order valence-electron chi connectivity index (χ4n) is 2.69. The van der Waals surface area contributed by atoms with Crippen LogP contribution < -0.4 is 4.74 Å². The SMILES string of the molecule is COc1ccc(CC(C2SC(=C(C(F)(F)F)C(F)(F)F)S2)(C(F)(F)F)C(F)(F)F)cc1. The van der Waals surface area contributed by atoms with Gasteiger partial charge >= 0.3 is 24.7 Å². The first-order valence-corrected chi connectivity index (χ1v) is 9.59. The lowest BCUT2D eigenvalue weighted by molar-refractivity contribution is -0.334. The van der Waals surface area contributed by atoms with Crippen LogP contribution in [0.2, 0.25) is 0 Å². The zero-order chi connectivity index (χ0) is 24.0. The number of hydrogen-bond acceptors (Lipinski definition) is 3. The minimum absolute atomic E-state index is 0.117. The normalized spacial score (nSPS) is 18.6. The van der Waals surface area contributed by atoms with Gasteiger partial charge in [-0.05, 0) is 24.1 Å². The standard InChI is InChI=1S/C16H10F12OS2/c1-29-8-4-2-7(3-5-8)6-12(15(23,24)25,16(26,27)28)11-30-10(31-11)9(13(17,18)19)14(20,21)22/h2-5,11H,6H2,1H3. The van der Waals surface area contributed by atoms with Crippen molar-refractivity contribution in [2.75, 3.05) is 7.11 Å². The van der Waals surface area contributed by atoms with Gasteiger partial charge in [-0.3, -0.25) is 0 Å². The van der Waals surface area contributed by atoms with Crippen LogP contribution in [0.5, 0.6) is 5.75 Å². The van der Waals surface area contributed by atoms with Crippen LogP contribution in [0.1, 0.15) is 5.56 Å². The van der Waals surface area contributed by atoms with Crippen molar-refractivity contribution in [2.24, 2.45) is 5.41 Å². The molecule has 0 unspecified atom stereocenters. The number of allylic oxidation sites excluding steroid dienone is 1. The predicted molar refractivity (Wildman–Crippen MR) is 89.3 cm³/mol. The molecule has 31 heavy (non-hydrogen) atoms. The zero-order valence-electron chi connectivity index (χ0n) is 14.9. The highest BCUT2D eigenvalue weighted by molar-refractivity contribution is 8.38. The van der Waals surface area contributed by atoms with Crippen molar-refractivity contribution in [1.29, 1.82) is 0 Å². The first kappa shape index (κ1) is 25.9. The molecule has 0 amide bonds. The quantitative estimate of drug-likeness (QED) is 0.389. The highest BCUT2D eigenvalue weighted by Gasteiger charge is 2.76. The summed E-state index contributed by atoms with van der Waals surface area (Å²) in [4.78, 5) is 0. The molecule has 0 aliphatic carbocycles. The van der Waals surface area contributed by atoms with Crippen molar-refractivity contribution in [2.45, 2.75) is 35.7 Å². The first-order chi connectivity index (χ1) is 13.8. The Kier molecular flexibility index (Phi) is 6.84. The van der Waals surface area contributed by atoms with Gasteiger partial charge in [0.25, 0.3) is 0 Å². The van der Waals surface area contributed by atoms with E-state index in [1.807, 2.05) is 0 Å². The molecule has 1 aromatic carbocycles. The molecular formula is C16H10F12OS2. The van der Waals surface area contributed by atoms with Gasteiger partial charge in [-0.25, -0.2) is 0 Å². The van der Waals surface area contributed by atoms with Crippen LogP contribution in [0.25, 0.3) is 0 Å². The Morgan fingerprint density at radius 2 is 1.19 bits per heavy atom. The first-order valence-electron chi connectivity index (χ1n) is 7.83. The second kappa shape index (κ2) is 8.19. The van der Waals surface area contributed by atoms with E-state index in [4.69, 9.17) is 4.74 Å². The third-order valence-electron chi connectivity index (χ3n) is 4.26. The third-order valence-corrected chi connectivity index (χ3v) is 7.48. The second-order valence-corrected chi connectivity index (χ2v) is 9.00. The molecule has 176 valence electrons. The maximum absolute atomic E-state index is 13.7. The van der Waals surface area contributed by atoms with E-state index >= 15 is 0 Å². The van der Waals surface area contributed by atoms with Crippen molar-refractivity contribution in [3.05, 3.63) is 39.6 Å². The molecule has 1 saturated heterocycles. The number of benzene rings is 1. The molecule has 1 nitrogen and oxygen atoms in total. The van der Waals surface area contributed by atoms with Crippen LogP contribution in [0.4, 0.5) is 52.7 Å². The summed E-state index contributed by atoms with van der Waals surface area (Å²) in [5, 5.41) is 0. The highest BCUT2D eigenvalue weighted by atomic mass is 32.3. The van der Waals surface area contributed by atoms with Gasteiger partial charge in [0.2, 0.25) is 0 Å². The Morgan fingerprint density at radius 1 is 0.774 bits per heavy atom. The van der Waals surface area contributed by atoms with Crippen molar-refractivity contribution >= 4 is 23.5 Å². The Hall–Kier alpha value is -1.38. The highest BCUT2D eigenvalue weighted by Crippen LogP contribution is 2.70. The van der Waals surface area contributed by atoms with Crippen LogP contribution in [0, 0.1) is 5.41 Å². The van der Waals surface area contributed by atoms with E-state index in [2.05, 4.69) is 0 Å². The molecule has 1 aromatic rings. The van der Waals surface area contributed by atoms with E-state index < -0.39 is 80.0 Å². The van der Waals surface area contributed by atoms with Gasteiger partial charge in [-0.2, -0.15) is 52.7 Å². The largest absolute Gasteiger partial charge is 0.497 e. The van der Waals surface area contributed by atoms with Gasteiger partial charge in [0.05, 0.1) is 15.9 Å². The minimum Gasteiger partial charge on any atom is -0.497 e. The number of thioether (sulfide) groups is 2. The fraction of sp³-hybridized carbons (Fsp3) is 0.500. The number of rotatable bonds is 4. The maximum atomic E-state index is 13.7. The number of hydrogen-bond donors (Lipinski definition) is 0. The lowest BCUT2D eigenvalue weighted by atomic mass is 9.81. The maximum Gasteiger partial charge on any atom is 0.422 e. The molecule has 0 N–H and O–H groups in total. The van der Waals surface area contributed by atoms with Gasteiger partial charge in [0, 0.05) is 0 Å². The molecule has 0 saturated carbocycles. The van der Waals surface area contributed by atoms with Crippen LogP contribution in [-0.2, 0) is 6.42 Å². The summed E-state index contributed by atoms with van der Waals surface area (Å²) in [5.74, 6) is 0.117. The Labute approximate surface area is 175 Å². The van der Waals surface area contributed by atoms with Gasteiger partial charge in [-0.1, -0.05) is 12.1 Å². The average Bonchev–Trinajstić information content (AvgIpc) is 2.52. The number of ether oxygens (including phenoxy) is 1. The summed E-state index contributed by atoms with van der Waals surface area (Å²) in [7, 11) is 1.19. The summed E-state index contributed by atoms with van der Waals surface area (Å²) in [6, 6.07) is 3.94. The lowest BCUT2D eigenvalue weighted by Gasteiger charge is -2.47. The Morgan fingerprint density at radius 3 is 1.52 bits per heavy atom. The van der Waals surface area contributed by atoms with Crippen molar-refractivity contribution < 1.29 is 57.4 Å². The summed E-state index contributed by atoms with van der Waals surface area (Å²) in [6.07, 6.45) is -25.8. The van der Waals surface area contributed by atoms with E-state index in [-0.39, 0.29) is 5.75 Å². The monoisotopic (exact) mass is 510 g/mol. The average molecular weight is 510 g/mol. The van der Waals surface area contributed by atoms with Crippen LogP contribution in [-0.4, -0.2) is 36.4 Å². The Balaban J connectivity index is 2.54. The second-order valence-electron chi connectivity index (χ2n) is 6.22. The lowest BCUT2D eigenvalue weighted by Crippen LogP contribution is -2.58. The summed E-state index contributed by atoms with van der Waals surface area (Å²) in [5.41, 5.74) is -8.22. The van der Waals surface area contributed by atoms with E-state index in [0.717, 1.165) is 24.3 Å². The minimum atomic E-state index is -6.03. The molecular weight excluding hydrogens is 500 g/mol. The van der Waals surface area contributed by atoms with Gasteiger partial charge in [0.15, 0.2) is 11.0 Å². The fourth-order valence-corrected chi connectivity index (χ4v) is 5.77. The number of alkyl halides is 12. The van der Waals surface area contributed by atoms with Crippen LogP contribution in [0.15, 0.2) is 34.1 Å². The van der Waals surface area contributed by atoms with E-state index in [9.17, 15) is 52.7 Å². The van der Waals surface area contributed by atoms with Crippen LogP contribution in [0.3, 0.4) is 0 Å². The van der Waals surface area contributed by atoms with Crippen molar-refractivity contribution in [3.8, 4) is 5.75 Å². The molecule has 0 atom stereocenters. The molecule has 1 fully saturated rings. The number of methoxy groups -OCH3 is 1. The molecule has 15 heteroatoms. The summed E-state index contributed by atoms with van der Waals surface area (Å²) >= 11 is -1.48. The van der Waals surface area contributed by atoms with Crippen molar-refractivity contribution in [3.63, 3.8) is 0 Å². The van der Waals surface area contributed by atoms with Gasteiger partial charge in [0.1, 0.15) is 5.75 Å². The molecule has 1 heterocycles. The molecule has 0 spiro atoms. The molecule has 1 aliphatic heterocycles. The summed E-state index contributed by atoms with van der Waals surface area (Å²) in [6.45, 7) is 0.